The van der Waals surface area contributed by atoms with Gasteiger partial charge in [-0.3, -0.25) is 0 Å². The highest BCUT2D eigenvalue weighted by atomic mass is 16.5. The van der Waals surface area contributed by atoms with Gasteiger partial charge in [0.15, 0.2) is 5.82 Å². The molecule has 0 spiro atoms. The average molecular weight is 265 g/mol. The van der Waals surface area contributed by atoms with Crippen LogP contribution in [0.1, 0.15) is 44.5 Å². The molecular weight excluding hydrogens is 242 g/mol. The molecule has 0 aromatic carbocycles. The molecule has 0 unspecified atom stereocenters. The van der Waals surface area contributed by atoms with Crippen molar-refractivity contribution in [2.75, 3.05) is 24.3 Å². The van der Waals surface area contributed by atoms with E-state index in [1.807, 2.05) is 11.9 Å². The van der Waals surface area contributed by atoms with Gasteiger partial charge < -0.3 is 15.4 Å². The molecule has 5 heteroatoms. The summed E-state index contributed by atoms with van der Waals surface area (Å²) in [4.78, 5) is 18.1. The maximum atomic E-state index is 11.8. The van der Waals surface area contributed by atoms with Crippen molar-refractivity contribution in [3.8, 4) is 0 Å². The second kappa shape index (κ2) is 5.91. The van der Waals surface area contributed by atoms with Crippen molar-refractivity contribution in [3.05, 3.63) is 17.8 Å². The Hall–Kier alpha value is -1.78. The van der Waals surface area contributed by atoms with Gasteiger partial charge in [0.05, 0.1) is 17.9 Å². The lowest BCUT2D eigenvalue weighted by molar-refractivity contribution is 0.0527. The number of carbonyl (C=O) groups excluding carboxylic acids is 1. The molecule has 0 amide bonds. The molecule has 0 aliphatic heterocycles. The molecule has 0 aliphatic carbocycles. The van der Waals surface area contributed by atoms with E-state index in [-0.39, 0.29) is 5.54 Å². The molecule has 0 bridgehead atoms. The van der Waals surface area contributed by atoms with Gasteiger partial charge in [-0.25, -0.2) is 9.78 Å². The first kappa shape index (κ1) is 15.3. The van der Waals surface area contributed by atoms with E-state index in [0.717, 1.165) is 6.42 Å². The molecule has 0 saturated heterocycles. The summed E-state index contributed by atoms with van der Waals surface area (Å²) in [6.07, 6.45) is 2.52. The van der Waals surface area contributed by atoms with Crippen molar-refractivity contribution in [1.29, 1.82) is 0 Å². The van der Waals surface area contributed by atoms with Crippen LogP contribution in [-0.4, -0.2) is 30.1 Å². The summed E-state index contributed by atoms with van der Waals surface area (Å²) >= 11 is 0. The van der Waals surface area contributed by atoms with Crippen LogP contribution in [0.4, 0.5) is 11.5 Å². The standard InChI is InChI=1S/C14H23N3O2/c1-6-14(3,4)17(5)12-11(15)10(8-9-16-12)13(18)19-7-2/h8-9H,6-7,15H2,1-5H3. The van der Waals surface area contributed by atoms with Crippen molar-refractivity contribution in [3.63, 3.8) is 0 Å². The molecule has 2 N–H and O–H groups in total. The number of ether oxygens (including phenoxy) is 1. The number of esters is 1. The number of anilines is 2. The third kappa shape index (κ3) is 3.16. The van der Waals surface area contributed by atoms with Gasteiger partial charge in [0.1, 0.15) is 0 Å². The minimum Gasteiger partial charge on any atom is -0.462 e. The molecule has 106 valence electrons. The highest BCUT2D eigenvalue weighted by molar-refractivity contribution is 5.97. The molecule has 1 aromatic rings. The number of nitrogens with zero attached hydrogens (tertiary/aromatic N) is 2. The number of carbonyl (C=O) groups is 1. The summed E-state index contributed by atoms with van der Waals surface area (Å²) in [5.41, 5.74) is 6.70. The first-order valence-electron chi connectivity index (χ1n) is 6.50. The Labute approximate surface area is 114 Å². The molecular formula is C14H23N3O2. The minimum atomic E-state index is -0.411. The van der Waals surface area contributed by atoms with Gasteiger partial charge in [0.2, 0.25) is 0 Å². The van der Waals surface area contributed by atoms with Crippen LogP contribution in [0.2, 0.25) is 0 Å². The van der Waals surface area contributed by atoms with Gasteiger partial charge >= 0.3 is 5.97 Å². The number of hydrogen-bond donors (Lipinski definition) is 1. The van der Waals surface area contributed by atoms with Crippen molar-refractivity contribution >= 4 is 17.5 Å². The fourth-order valence-corrected chi connectivity index (χ4v) is 1.64. The molecule has 1 heterocycles. The van der Waals surface area contributed by atoms with Gasteiger partial charge in [-0.2, -0.15) is 0 Å². The summed E-state index contributed by atoms with van der Waals surface area (Å²) in [5, 5.41) is 0. The van der Waals surface area contributed by atoms with E-state index in [9.17, 15) is 4.79 Å². The van der Waals surface area contributed by atoms with Crippen molar-refractivity contribution in [2.45, 2.75) is 39.7 Å². The normalized spacial score (nSPS) is 11.2. The van der Waals surface area contributed by atoms with Crippen molar-refractivity contribution in [1.82, 2.24) is 4.98 Å². The molecule has 0 saturated carbocycles. The van der Waals surface area contributed by atoms with Crippen LogP contribution in [0.25, 0.3) is 0 Å². The molecule has 1 rings (SSSR count). The van der Waals surface area contributed by atoms with Gasteiger partial charge in [-0.15, -0.1) is 0 Å². The molecule has 5 nitrogen and oxygen atoms in total. The molecule has 1 aromatic heterocycles. The fourth-order valence-electron chi connectivity index (χ4n) is 1.64. The van der Waals surface area contributed by atoms with Gasteiger partial charge in [-0.1, -0.05) is 6.92 Å². The lowest BCUT2D eigenvalue weighted by Gasteiger charge is -2.36. The van der Waals surface area contributed by atoms with E-state index in [1.54, 1.807) is 19.2 Å². The molecule has 0 radical (unpaired) electrons. The lowest BCUT2D eigenvalue weighted by atomic mass is 9.99. The third-order valence-corrected chi connectivity index (χ3v) is 3.56. The second-order valence-corrected chi connectivity index (χ2v) is 5.04. The fraction of sp³-hybridized carbons (Fsp3) is 0.571. The molecule has 19 heavy (non-hydrogen) atoms. The SMILES string of the molecule is CCOC(=O)c1ccnc(N(C)C(C)(C)CC)c1N. The zero-order chi connectivity index (χ0) is 14.6. The van der Waals surface area contributed by atoms with E-state index >= 15 is 0 Å². The average Bonchev–Trinajstić information content (AvgIpc) is 2.38. The molecule has 0 aliphatic rings. The summed E-state index contributed by atoms with van der Waals surface area (Å²) in [6.45, 7) is 8.40. The minimum absolute atomic E-state index is 0.0889. The largest absolute Gasteiger partial charge is 0.462 e. The number of nitrogen functional groups attached to an aromatic ring is 1. The Balaban J connectivity index is 3.18. The number of hydrogen-bond acceptors (Lipinski definition) is 5. The van der Waals surface area contributed by atoms with Gasteiger partial charge in [-0.05, 0) is 33.3 Å². The first-order chi connectivity index (χ1) is 8.85. The maximum absolute atomic E-state index is 11.8. The zero-order valence-corrected chi connectivity index (χ0v) is 12.4. The smallest absolute Gasteiger partial charge is 0.340 e. The Bertz CT molecular complexity index is 458. The maximum Gasteiger partial charge on any atom is 0.340 e. The Kier molecular flexibility index (Phi) is 4.75. The van der Waals surface area contributed by atoms with E-state index in [1.165, 1.54) is 0 Å². The van der Waals surface area contributed by atoms with E-state index in [0.29, 0.717) is 23.7 Å². The number of pyridine rings is 1. The lowest BCUT2D eigenvalue weighted by Crippen LogP contribution is -2.41. The second-order valence-electron chi connectivity index (χ2n) is 5.04. The monoisotopic (exact) mass is 265 g/mol. The van der Waals surface area contributed by atoms with Crippen molar-refractivity contribution in [2.24, 2.45) is 0 Å². The van der Waals surface area contributed by atoms with Crippen LogP contribution < -0.4 is 10.6 Å². The van der Waals surface area contributed by atoms with Crippen LogP contribution in [0.5, 0.6) is 0 Å². The Morgan fingerprint density at radius 3 is 2.63 bits per heavy atom. The predicted molar refractivity (Wildman–Crippen MR) is 77.4 cm³/mol. The number of rotatable bonds is 5. The van der Waals surface area contributed by atoms with E-state index in [2.05, 4.69) is 25.8 Å². The highest BCUT2D eigenvalue weighted by Crippen LogP contribution is 2.29. The first-order valence-corrected chi connectivity index (χ1v) is 6.50. The summed E-state index contributed by atoms with van der Waals surface area (Å²) in [6, 6.07) is 1.59. The topological polar surface area (TPSA) is 68.5 Å². The van der Waals surface area contributed by atoms with E-state index in [4.69, 9.17) is 10.5 Å². The summed E-state index contributed by atoms with van der Waals surface area (Å²) < 4.78 is 4.99. The predicted octanol–water partition coefficient (Wildman–Crippen LogP) is 2.47. The van der Waals surface area contributed by atoms with Gasteiger partial charge in [0, 0.05) is 18.8 Å². The number of aromatic nitrogens is 1. The van der Waals surface area contributed by atoms with E-state index < -0.39 is 5.97 Å². The molecule has 0 atom stereocenters. The van der Waals surface area contributed by atoms with Crippen LogP contribution in [0.3, 0.4) is 0 Å². The van der Waals surface area contributed by atoms with Gasteiger partial charge in [0.25, 0.3) is 0 Å². The van der Waals surface area contributed by atoms with Crippen LogP contribution >= 0.6 is 0 Å². The quantitative estimate of drug-likeness (QED) is 0.828. The highest BCUT2D eigenvalue weighted by Gasteiger charge is 2.26. The van der Waals surface area contributed by atoms with Crippen molar-refractivity contribution < 1.29 is 9.53 Å². The zero-order valence-electron chi connectivity index (χ0n) is 12.4. The van der Waals surface area contributed by atoms with Crippen LogP contribution in [0.15, 0.2) is 12.3 Å². The van der Waals surface area contributed by atoms with Crippen LogP contribution in [-0.2, 0) is 4.74 Å². The summed E-state index contributed by atoms with van der Waals surface area (Å²) in [5.74, 6) is 0.198. The Morgan fingerprint density at radius 1 is 1.47 bits per heavy atom. The van der Waals surface area contributed by atoms with Crippen LogP contribution in [0, 0.1) is 0 Å². The third-order valence-electron chi connectivity index (χ3n) is 3.56. The Morgan fingerprint density at radius 2 is 2.11 bits per heavy atom. The summed E-state index contributed by atoms with van der Waals surface area (Å²) in [7, 11) is 1.93. The number of nitrogens with two attached hydrogens (primary N) is 1. The molecule has 0 fully saturated rings.